The maximum absolute atomic E-state index is 11.1. The van der Waals surface area contributed by atoms with Gasteiger partial charge >= 0.3 is 0 Å². The first-order valence-corrected chi connectivity index (χ1v) is 6.58. The monoisotopic (exact) mass is 270 g/mol. The Balaban J connectivity index is 1.88. The van der Waals surface area contributed by atoms with Crippen LogP contribution in [0.15, 0.2) is 54.6 Å². The summed E-state index contributed by atoms with van der Waals surface area (Å²) in [5, 5.41) is 0. The Morgan fingerprint density at radius 2 is 1.65 bits per heavy atom. The van der Waals surface area contributed by atoms with Crippen LogP contribution in [0.4, 0.5) is 0 Å². The Bertz CT molecular complexity index is 520. The number of methoxy groups -OCH3 is 1. The van der Waals surface area contributed by atoms with Crippen LogP contribution in [0, 0.1) is 5.92 Å². The van der Waals surface area contributed by atoms with Gasteiger partial charge in [0.05, 0.1) is 19.6 Å². The number of benzene rings is 2. The molecule has 2 rings (SSSR count). The van der Waals surface area contributed by atoms with Crippen molar-refractivity contribution in [1.82, 2.24) is 0 Å². The smallest absolute Gasteiger partial charge is 0.126 e. The number of rotatable bonds is 7. The van der Waals surface area contributed by atoms with Crippen LogP contribution in [0.25, 0.3) is 0 Å². The van der Waals surface area contributed by atoms with Gasteiger partial charge in [0.25, 0.3) is 0 Å². The molecule has 0 amide bonds. The van der Waals surface area contributed by atoms with Gasteiger partial charge in [-0.1, -0.05) is 30.3 Å². The summed E-state index contributed by atoms with van der Waals surface area (Å²) in [7, 11) is 1.62. The zero-order valence-electron chi connectivity index (χ0n) is 11.5. The molecule has 0 fully saturated rings. The van der Waals surface area contributed by atoms with Crippen molar-refractivity contribution in [2.24, 2.45) is 5.92 Å². The maximum atomic E-state index is 11.1. The lowest BCUT2D eigenvalue weighted by Crippen LogP contribution is -2.16. The molecule has 0 saturated carbocycles. The van der Waals surface area contributed by atoms with Gasteiger partial charge in [-0.3, -0.25) is 0 Å². The third kappa shape index (κ3) is 4.12. The van der Waals surface area contributed by atoms with E-state index >= 15 is 0 Å². The van der Waals surface area contributed by atoms with Gasteiger partial charge in [-0.15, -0.1) is 0 Å². The first kappa shape index (κ1) is 14.1. The minimum Gasteiger partial charge on any atom is -0.497 e. The fraction of sp³-hybridized carbons (Fsp3) is 0.235. The second-order valence-electron chi connectivity index (χ2n) is 4.57. The Labute approximate surface area is 119 Å². The van der Waals surface area contributed by atoms with Crippen LogP contribution in [-0.4, -0.2) is 20.0 Å². The third-order valence-electron chi connectivity index (χ3n) is 3.06. The molecule has 2 aromatic rings. The predicted molar refractivity (Wildman–Crippen MR) is 78.2 cm³/mol. The molecule has 3 nitrogen and oxygen atoms in total. The van der Waals surface area contributed by atoms with Crippen molar-refractivity contribution in [1.29, 1.82) is 0 Å². The standard InChI is InChI=1S/C17H18O3/c1-19-16-7-9-17(10-8-16)20-13-15(12-18)11-14-5-3-2-4-6-14/h2-10,12,15H,11,13H2,1H3. The summed E-state index contributed by atoms with van der Waals surface area (Å²) in [6.07, 6.45) is 1.65. The summed E-state index contributed by atoms with van der Waals surface area (Å²) in [4.78, 5) is 11.1. The lowest BCUT2D eigenvalue weighted by atomic mass is 10.0. The zero-order valence-corrected chi connectivity index (χ0v) is 11.5. The number of carbonyl (C=O) groups excluding carboxylic acids is 1. The highest BCUT2D eigenvalue weighted by Crippen LogP contribution is 2.18. The van der Waals surface area contributed by atoms with Crippen LogP contribution in [0.1, 0.15) is 5.56 Å². The van der Waals surface area contributed by atoms with Crippen molar-refractivity contribution >= 4 is 6.29 Å². The molecular formula is C17H18O3. The highest BCUT2D eigenvalue weighted by atomic mass is 16.5. The second kappa shape index (κ2) is 7.34. The summed E-state index contributed by atoms with van der Waals surface area (Å²) in [6, 6.07) is 17.3. The molecule has 0 bridgehead atoms. The maximum Gasteiger partial charge on any atom is 0.126 e. The highest BCUT2D eigenvalue weighted by Gasteiger charge is 2.09. The van der Waals surface area contributed by atoms with Crippen LogP contribution in [0.2, 0.25) is 0 Å². The van der Waals surface area contributed by atoms with Crippen LogP contribution in [0.3, 0.4) is 0 Å². The van der Waals surface area contributed by atoms with Gasteiger partial charge in [0.1, 0.15) is 17.8 Å². The molecule has 1 atom stereocenters. The SMILES string of the molecule is COc1ccc(OCC(C=O)Cc2ccccc2)cc1. The molecule has 2 aromatic carbocycles. The Hall–Kier alpha value is -2.29. The summed E-state index contributed by atoms with van der Waals surface area (Å²) in [5.74, 6) is 1.39. The quantitative estimate of drug-likeness (QED) is 0.725. The molecule has 0 radical (unpaired) electrons. The van der Waals surface area contributed by atoms with Gasteiger partial charge in [0.2, 0.25) is 0 Å². The topological polar surface area (TPSA) is 35.5 Å². The molecule has 0 aromatic heterocycles. The van der Waals surface area contributed by atoms with Crippen molar-refractivity contribution in [3.05, 3.63) is 60.2 Å². The fourth-order valence-electron chi connectivity index (χ4n) is 1.94. The van der Waals surface area contributed by atoms with Crippen LogP contribution in [0.5, 0.6) is 11.5 Å². The number of hydrogen-bond acceptors (Lipinski definition) is 3. The minimum atomic E-state index is -0.139. The van der Waals surface area contributed by atoms with E-state index in [0.29, 0.717) is 13.0 Å². The van der Waals surface area contributed by atoms with E-state index < -0.39 is 0 Å². The predicted octanol–water partition coefficient (Wildman–Crippen LogP) is 3.13. The minimum absolute atomic E-state index is 0.139. The summed E-state index contributed by atoms with van der Waals surface area (Å²) in [6.45, 7) is 0.380. The first-order chi connectivity index (χ1) is 9.81. The Morgan fingerprint density at radius 3 is 2.25 bits per heavy atom. The summed E-state index contributed by atoms with van der Waals surface area (Å²) in [5.41, 5.74) is 1.14. The zero-order chi connectivity index (χ0) is 14.2. The molecule has 0 spiro atoms. The lowest BCUT2D eigenvalue weighted by molar-refractivity contribution is -0.111. The van der Waals surface area contributed by atoms with Crippen LogP contribution < -0.4 is 9.47 Å². The normalized spacial score (nSPS) is 11.7. The van der Waals surface area contributed by atoms with Gasteiger partial charge in [0, 0.05) is 0 Å². The molecule has 1 unspecified atom stereocenters. The molecule has 0 heterocycles. The Kier molecular flexibility index (Phi) is 5.18. The van der Waals surface area contributed by atoms with Crippen LogP contribution in [-0.2, 0) is 11.2 Å². The number of carbonyl (C=O) groups is 1. The molecule has 3 heteroatoms. The molecular weight excluding hydrogens is 252 g/mol. The van der Waals surface area contributed by atoms with E-state index in [1.165, 1.54) is 0 Å². The van der Waals surface area contributed by atoms with E-state index in [1.54, 1.807) is 7.11 Å². The summed E-state index contributed by atoms with van der Waals surface area (Å²) >= 11 is 0. The fourth-order valence-corrected chi connectivity index (χ4v) is 1.94. The van der Waals surface area contributed by atoms with Gasteiger partial charge in [-0.25, -0.2) is 0 Å². The van der Waals surface area contributed by atoms with Crippen molar-refractivity contribution in [3.63, 3.8) is 0 Å². The van der Waals surface area contributed by atoms with E-state index in [4.69, 9.17) is 9.47 Å². The number of hydrogen-bond donors (Lipinski definition) is 0. The molecule has 0 aliphatic carbocycles. The second-order valence-corrected chi connectivity index (χ2v) is 4.57. The molecule has 20 heavy (non-hydrogen) atoms. The van der Waals surface area contributed by atoms with Crippen molar-refractivity contribution in [3.8, 4) is 11.5 Å². The first-order valence-electron chi connectivity index (χ1n) is 6.58. The molecule has 0 aliphatic rings. The third-order valence-corrected chi connectivity index (χ3v) is 3.06. The van der Waals surface area contributed by atoms with Crippen LogP contribution >= 0.6 is 0 Å². The summed E-state index contributed by atoms with van der Waals surface area (Å²) < 4.78 is 10.7. The lowest BCUT2D eigenvalue weighted by Gasteiger charge is -2.12. The van der Waals surface area contributed by atoms with E-state index in [9.17, 15) is 4.79 Å². The van der Waals surface area contributed by atoms with E-state index in [-0.39, 0.29) is 5.92 Å². The average molecular weight is 270 g/mol. The largest absolute Gasteiger partial charge is 0.497 e. The van der Waals surface area contributed by atoms with E-state index in [1.807, 2.05) is 54.6 Å². The number of ether oxygens (including phenoxy) is 2. The van der Waals surface area contributed by atoms with Gasteiger partial charge in [-0.05, 0) is 36.2 Å². The molecule has 0 N–H and O–H groups in total. The Morgan fingerprint density at radius 1 is 1.00 bits per heavy atom. The molecule has 104 valence electrons. The van der Waals surface area contributed by atoms with E-state index in [0.717, 1.165) is 23.3 Å². The number of aldehydes is 1. The van der Waals surface area contributed by atoms with E-state index in [2.05, 4.69) is 0 Å². The van der Waals surface area contributed by atoms with Gasteiger partial charge in [-0.2, -0.15) is 0 Å². The van der Waals surface area contributed by atoms with Gasteiger partial charge < -0.3 is 14.3 Å². The molecule has 0 saturated heterocycles. The molecule has 0 aliphatic heterocycles. The van der Waals surface area contributed by atoms with Crippen molar-refractivity contribution in [2.45, 2.75) is 6.42 Å². The van der Waals surface area contributed by atoms with Crippen molar-refractivity contribution < 1.29 is 14.3 Å². The van der Waals surface area contributed by atoms with Gasteiger partial charge in [0.15, 0.2) is 0 Å². The highest BCUT2D eigenvalue weighted by molar-refractivity contribution is 5.54. The van der Waals surface area contributed by atoms with Crippen molar-refractivity contribution in [2.75, 3.05) is 13.7 Å². The average Bonchev–Trinajstić information content (AvgIpc) is 2.53.